The van der Waals surface area contributed by atoms with Crippen molar-refractivity contribution >= 4 is 16.7 Å². The van der Waals surface area contributed by atoms with E-state index in [0.717, 1.165) is 10.9 Å². The Morgan fingerprint density at radius 2 is 2.50 bits per heavy atom. The van der Waals surface area contributed by atoms with Gasteiger partial charge in [-0.25, -0.2) is 0 Å². The SMILES string of the molecule is CNCC(=O)c1n[nH]c2ccncc12. The van der Waals surface area contributed by atoms with Gasteiger partial charge in [0.2, 0.25) is 0 Å². The van der Waals surface area contributed by atoms with Crippen LogP contribution in [0.5, 0.6) is 0 Å². The topological polar surface area (TPSA) is 70.7 Å². The highest BCUT2D eigenvalue weighted by Crippen LogP contribution is 2.13. The average molecular weight is 190 g/mol. The van der Waals surface area contributed by atoms with Crippen LogP contribution in [0.2, 0.25) is 0 Å². The van der Waals surface area contributed by atoms with Crippen molar-refractivity contribution < 1.29 is 4.79 Å². The molecule has 72 valence electrons. The van der Waals surface area contributed by atoms with Crippen LogP contribution in [0.3, 0.4) is 0 Å². The van der Waals surface area contributed by atoms with Gasteiger partial charge < -0.3 is 5.32 Å². The van der Waals surface area contributed by atoms with E-state index < -0.39 is 0 Å². The summed E-state index contributed by atoms with van der Waals surface area (Å²) in [6.07, 6.45) is 3.30. The van der Waals surface area contributed by atoms with Crippen molar-refractivity contribution in [1.82, 2.24) is 20.5 Å². The third-order valence-corrected chi connectivity index (χ3v) is 1.97. The summed E-state index contributed by atoms with van der Waals surface area (Å²) in [5, 5.41) is 10.3. The number of pyridine rings is 1. The molecule has 0 saturated heterocycles. The number of nitrogens with zero attached hydrogens (tertiary/aromatic N) is 2. The maximum Gasteiger partial charge on any atom is 0.197 e. The van der Waals surface area contributed by atoms with Gasteiger partial charge in [0.25, 0.3) is 0 Å². The van der Waals surface area contributed by atoms with Gasteiger partial charge in [0, 0.05) is 17.8 Å². The van der Waals surface area contributed by atoms with Gasteiger partial charge in [0.05, 0.1) is 12.1 Å². The number of H-pyrrole nitrogens is 1. The maximum absolute atomic E-state index is 11.5. The van der Waals surface area contributed by atoms with Crippen molar-refractivity contribution in [3.05, 3.63) is 24.2 Å². The van der Waals surface area contributed by atoms with E-state index in [0.29, 0.717) is 5.69 Å². The Bertz CT molecular complexity index is 463. The third-order valence-electron chi connectivity index (χ3n) is 1.97. The molecule has 2 aromatic heterocycles. The molecule has 0 aliphatic rings. The number of fused-ring (bicyclic) bond motifs is 1. The fourth-order valence-electron chi connectivity index (χ4n) is 1.31. The molecule has 5 heteroatoms. The summed E-state index contributed by atoms with van der Waals surface area (Å²) >= 11 is 0. The van der Waals surface area contributed by atoms with E-state index in [2.05, 4.69) is 20.5 Å². The van der Waals surface area contributed by atoms with Gasteiger partial charge in [-0.2, -0.15) is 5.10 Å². The molecule has 2 aromatic rings. The molecule has 14 heavy (non-hydrogen) atoms. The number of hydrogen-bond acceptors (Lipinski definition) is 4. The Morgan fingerprint density at radius 1 is 1.64 bits per heavy atom. The van der Waals surface area contributed by atoms with Crippen molar-refractivity contribution in [2.75, 3.05) is 13.6 Å². The van der Waals surface area contributed by atoms with E-state index in [1.165, 1.54) is 0 Å². The summed E-state index contributed by atoms with van der Waals surface area (Å²) in [5.41, 5.74) is 1.28. The van der Waals surface area contributed by atoms with E-state index >= 15 is 0 Å². The zero-order valence-corrected chi connectivity index (χ0v) is 7.74. The lowest BCUT2D eigenvalue weighted by Gasteiger charge is -1.94. The number of likely N-dealkylation sites (N-methyl/N-ethyl adjacent to an activating group) is 1. The molecule has 0 atom stereocenters. The first-order chi connectivity index (χ1) is 6.83. The molecule has 0 aromatic carbocycles. The van der Waals surface area contributed by atoms with E-state index in [9.17, 15) is 4.79 Å². The highest BCUT2D eigenvalue weighted by atomic mass is 16.1. The Kier molecular flexibility index (Phi) is 2.24. The Morgan fingerprint density at radius 3 is 3.29 bits per heavy atom. The summed E-state index contributed by atoms with van der Waals surface area (Å²) < 4.78 is 0. The van der Waals surface area contributed by atoms with Crippen LogP contribution in [-0.4, -0.2) is 34.6 Å². The maximum atomic E-state index is 11.5. The minimum atomic E-state index is -0.0354. The molecule has 0 unspecified atom stereocenters. The van der Waals surface area contributed by atoms with Crippen LogP contribution in [0.4, 0.5) is 0 Å². The monoisotopic (exact) mass is 190 g/mol. The lowest BCUT2D eigenvalue weighted by atomic mass is 10.2. The number of hydrogen-bond donors (Lipinski definition) is 2. The number of rotatable bonds is 3. The molecule has 0 bridgehead atoms. The molecule has 5 nitrogen and oxygen atoms in total. The van der Waals surface area contributed by atoms with E-state index in [1.807, 2.05) is 0 Å². The van der Waals surface area contributed by atoms with Crippen molar-refractivity contribution in [3.63, 3.8) is 0 Å². The molecule has 0 aliphatic carbocycles. The fraction of sp³-hybridized carbons (Fsp3) is 0.222. The van der Waals surface area contributed by atoms with E-state index in [1.54, 1.807) is 25.5 Å². The normalized spacial score (nSPS) is 10.6. The van der Waals surface area contributed by atoms with Crippen LogP contribution in [0, 0.1) is 0 Å². The van der Waals surface area contributed by atoms with Crippen LogP contribution in [0.25, 0.3) is 10.9 Å². The van der Waals surface area contributed by atoms with Crippen molar-refractivity contribution in [2.45, 2.75) is 0 Å². The summed E-state index contributed by atoms with van der Waals surface area (Å²) in [6.45, 7) is 0.287. The van der Waals surface area contributed by atoms with Crippen LogP contribution < -0.4 is 5.32 Å². The first-order valence-electron chi connectivity index (χ1n) is 4.29. The van der Waals surface area contributed by atoms with Gasteiger partial charge in [-0.3, -0.25) is 14.9 Å². The van der Waals surface area contributed by atoms with Gasteiger partial charge in [0.1, 0.15) is 5.69 Å². The standard InChI is InChI=1S/C9H10N4O/c1-10-5-8(14)9-6-4-11-3-2-7(6)12-13-9/h2-4,10H,5H2,1H3,(H,12,13). The van der Waals surface area contributed by atoms with E-state index in [-0.39, 0.29) is 12.3 Å². The predicted molar refractivity (Wildman–Crippen MR) is 52.1 cm³/mol. The zero-order chi connectivity index (χ0) is 9.97. The average Bonchev–Trinajstić information content (AvgIpc) is 2.61. The quantitative estimate of drug-likeness (QED) is 0.685. The van der Waals surface area contributed by atoms with Crippen LogP contribution in [0.15, 0.2) is 18.5 Å². The third kappa shape index (κ3) is 1.38. The molecule has 0 saturated carbocycles. The number of aromatic nitrogens is 3. The van der Waals surface area contributed by atoms with Gasteiger partial charge in [-0.1, -0.05) is 0 Å². The number of aromatic amines is 1. The molecule has 0 radical (unpaired) electrons. The van der Waals surface area contributed by atoms with Gasteiger partial charge in [-0.05, 0) is 13.1 Å². The van der Waals surface area contributed by atoms with Crippen molar-refractivity contribution in [1.29, 1.82) is 0 Å². The Hall–Kier alpha value is -1.75. The molecular formula is C9H10N4O. The first kappa shape index (κ1) is 8.83. The first-order valence-corrected chi connectivity index (χ1v) is 4.29. The zero-order valence-electron chi connectivity index (χ0n) is 7.74. The smallest absolute Gasteiger partial charge is 0.197 e. The van der Waals surface area contributed by atoms with Gasteiger partial charge in [-0.15, -0.1) is 0 Å². The second-order valence-corrected chi connectivity index (χ2v) is 2.95. The lowest BCUT2D eigenvalue weighted by Crippen LogP contribution is -2.19. The molecule has 0 aliphatic heterocycles. The largest absolute Gasteiger partial charge is 0.313 e. The molecule has 0 spiro atoms. The Labute approximate surface area is 80.5 Å². The fourth-order valence-corrected chi connectivity index (χ4v) is 1.31. The molecule has 2 heterocycles. The minimum Gasteiger partial charge on any atom is -0.313 e. The van der Waals surface area contributed by atoms with Crippen LogP contribution >= 0.6 is 0 Å². The second-order valence-electron chi connectivity index (χ2n) is 2.95. The number of carbonyl (C=O) groups is 1. The lowest BCUT2D eigenvalue weighted by molar-refractivity contribution is 0.0990. The summed E-state index contributed by atoms with van der Waals surface area (Å²) in [6, 6.07) is 1.79. The van der Waals surface area contributed by atoms with E-state index in [4.69, 9.17) is 0 Å². The van der Waals surface area contributed by atoms with Gasteiger partial charge in [0.15, 0.2) is 5.78 Å². The summed E-state index contributed by atoms with van der Waals surface area (Å²) in [4.78, 5) is 15.5. The summed E-state index contributed by atoms with van der Waals surface area (Å²) in [7, 11) is 1.73. The summed E-state index contributed by atoms with van der Waals surface area (Å²) in [5.74, 6) is -0.0354. The number of nitrogens with one attached hydrogen (secondary N) is 2. The van der Waals surface area contributed by atoms with Gasteiger partial charge >= 0.3 is 0 Å². The molecular weight excluding hydrogens is 180 g/mol. The highest BCUT2D eigenvalue weighted by Gasteiger charge is 2.12. The predicted octanol–water partition coefficient (Wildman–Crippen LogP) is 0.360. The Balaban J connectivity index is 2.47. The number of Topliss-reactive ketones (excluding diaryl/α,β-unsaturated/α-hetero) is 1. The molecule has 0 amide bonds. The molecule has 2 N–H and O–H groups in total. The number of ketones is 1. The van der Waals surface area contributed by atoms with Crippen LogP contribution in [-0.2, 0) is 0 Å². The number of carbonyl (C=O) groups excluding carboxylic acids is 1. The molecule has 0 fully saturated rings. The van der Waals surface area contributed by atoms with Crippen LogP contribution in [0.1, 0.15) is 10.5 Å². The van der Waals surface area contributed by atoms with Crippen molar-refractivity contribution in [2.24, 2.45) is 0 Å². The highest BCUT2D eigenvalue weighted by molar-refractivity contribution is 6.06. The molecule has 2 rings (SSSR count). The van der Waals surface area contributed by atoms with Crippen molar-refractivity contribution in [3.8, 4) is 0 Å². The minimum absolute atomic E-state index is 0.0354. The second kappa shape index (κ2) is 3.55.